The molecule has 2 N–H and O–H groups in total. The van der Waals surface area contributed by atoms with Gasteiger partial charge < -0.3 is 15.4 Å². The largest absolute Gasteiger partial charge is 0.397 e. The zero-order valence-electron chi connectivity index (χ0n) is 11.0. The van der Waals surface area contributed by atoms with Crippen LogP contribution in [0.5, 0.6) is 0 Å². The van der Waals surface area contributed by atoms with Crippen LogP contribution in [0.15, 0.2) is 12.1 Å². The quantitative estimate of drug-likeness (QED) is 0.621. The Hall–Kier alpha value is -0.560. The predicted molar refractivity (Wildman–Crippen MR) is 82.5 cm³/mol. The van der Waals surface area contributed by atoms with Gasteiger partial charge in [-0.2, -0.15) is 0 Å². The van der Waals surface area contributed by atoms with Crippen molar-refractivity contribution in [1.29, 1.82) is 0 Å². The lowest BCUT2D eigenvalue weighted by Crippen LogP contribution is -2.31. The number of benzene rings is 1. The van der Waals surface area contributed by atoms with E-state index in [2.05, 4.69) is 18.7 Å². The highest BCUT2D eigenvalue weighted by Crippen LogP contribution is 2.28. The maximum Gasteiger partial charge on any atom is 0.138 e. The van der Waals surface area contributed by atoms with Crippen LogP contribution in [0.1, 0.15) is 13.8 Å². The van der Waals surface area contributed by atoms with Crippen LogP contribution in [0.4, 0.5) is 15.8 Å². The highest BCUT2D eigenvalue weighted by Gasteiger charge is 2.14. The number of hydrogen-bond donors (Lipinski definition) is 1. The summed E-state index contributed by atoms with van der Waals surface area (Å²) in [6.07, 6.45) is 0. The van der Waals surface area contributed by atoms with Gasteiger partial charge in [-0.25, -0.2) is 4.39 Å². The van der Waals surface area contributed by atoms with Gasteiger partial charge in [0.1, 0.15) is 5.82 Å². The van der Waals surface area contributed by atoms with Crippen LogP contribution in [0.3, 0.4) is 0 Å². The lowest BCUT2D eigenvalue weighted by Gasteiger charge is -2.28. The van der Waals surface area contributed by atoms with E-state index in [0.29, 0.717) is 28.3 Å². The van der Waals surface area contributed by atoms with Crippen LogP contribution >= 0.6 is 22.6 Å². The Balaban J connectivity index is 2.99. The smallest absolute Gasteiger partial charge is 0.138 e. The third-order valence-electron chi connectivity index (χ3n) is 2.56. The summed E-state index contributed by atoms with van der Waals surface area (Å²) < 4.78 is 19.3. The molecule has 0 saturated heterocycles. The molecule has 0 unspecified atom stereocenters. The summed E-state index contributed by atoms with van der Waals surface area (Å²) in [4.78, 5) is 2.07. The van der Waals surface area contributed by atoms with Crippen molar-refractivity contribution in [2.45, 2.75) is 13.8 Å². The van der Waals surface area contributed by atoms with Crippen LogP contribution in [0, 0.1) is 15.3 Å². The maximum atomic E-state index is 13.7. The molecule has 18 heavy (non-hydrogen) atoms. The van der Waals surface area contributed by atoms with Crippen molar-refractivity contribution in [3.63, 3.8) is 0 Å². The molecule has 102 valence electrons. The number of halogens is 2. The second-order valence-corrected chi connectivity index (χ2v) is 5.82. The van der Waals surface area contributed by atoms with E-state index in [1.807, 2.05) is 22.6 Å². The third-order valence-corrected chi connectivity index (χ3v) is 3.39. The molecule has 0 bridgehead atoms. The second kappa shape index (κ2) is 7.13. The Morgan fingerprint density at radius 3 is 2.67 bits per heavy atom. The van der Waals surface area contributed by atoms with Crippen molar-refractivity contribution < 1.29 is 9.13 Å². The number of ether oxygens (including phenoxy) is 1. The van der Waals surface area contributed by atoms with E-state index in [1.165, 1.54) is 6.07 Å². The van der Waals surface area contributed by atoms with Crippen LogP contribution < -0.4 is 10.6 Å². The van der Waals surface area contributed by atoms with E-state index in [0.717, 1.165) is 12.2 Å². The molecule has 0 radical (unpaired) electrons. The Labute approximate surface area is 122 Å². The molecule has 1 aromatic carbocycles. The van der Waals surface area contributed by atoms with Crippen LogP contribution in [-0.2, 0) is 4.74 Å². The van der Waals surface area contributed by atoms with E-state index in [9.17, 15) is 4.39 Å². The first-order valence-corrected chi connectivity index (χ1v) is 7.02. The molecule has 0 spiro atoms. The Kier molecular flexibility index (Phi) is 6.14. The summed E-state index contributed by atoms with van der Waals surface area (Å²) in [5, 5.41) is 0. The second-order valence-electron chi connectivity index (χ2n) is 4.66. The number of nitrogens with two attached hydrogens (primary N) is 1. The average molecular weight is 366 g/mol. The first-order valence-electron chi connectivity index (χ1n) is 5.94. The van der Waals surface area contributed by atoms with Crippen molar-refractivity contribution in [2.24, 2.45) is 5.92 Å². The molecule has 0 aliphatic rings. The molecule has 0 aliphatic heterocycles. The number of anilines is 2. The summed E-state index contributed by atoms with van der Waals surface area (Å²) in [7, 11) is 1.66. The predicted octanol–water partition coefficient (Wildman–Crippen LogP) is 3.12. The van der Waals surface area contributed by atoms with Crippen LogP contribution in [-0.4, -0.2) is 26.8 Å². The lowest BCUT2D eigenvalue weighted by molar-refractivity contribution is 0.204. The molecule has 0 amide bonds. The van der Waals surface area contributed by atoms with Crippen molar-refractivity contribution in [2.75, 3.05) is 37.4 Å². The summed E-state index contributed by atoms with van der Waals surface area (Å²) in [6, 6.07) is 3.18. The number of nitrogens with zero attached hydrogens (tertiary/aromatic N) is 1. The molecule has 0 aromatic heterocycles. The minimum absolute atomic E-state index is 0.231. The molecule has 0 heterocycles. The van der Waals surface area contributed by atoms with E-state index >= 15 is 0 Å². The third kappa shape index (κ3) is 4.28. The summed E-state index contributed by atoms with van der Waals surface area (Å²) >= 11 is 1.95. The first-order chi connectivity index (χ1) is 8.45. The van der Waals surface area contributed by atoms with Gasteiger partial charge in [0, 0.05) is 26.3 Å². The first kappa shape index (κ1) is 15.5. The van der Waals surface area contributed by atoms with Gasteiger partial charge in [0.2, 0.25) is 0 Å². The fourth-order valence-electron chi connectivity index (χ4n) is 1.78. The highest BCUT2D eigenvalue weighted by atomic mass is 127. The number of nitrogen functional groups attached to an aromatic ring is 1. The molecule has 1 rings (SSSR count). The summed E-state index contributed by atoms with van der Waals surface area (Å²) in [5.74, 6) is 0.245. The van der Waals surface area contributed by atoms with E-state index in [1.54, 1.807) is 13.2 Å². The molecular formula is C13H20FIN2O. The van der Waals surface area contributed by atoms with Crippen molar-refractivity contribution in [3.05, 3.63) is 21.5 Å². The van der Waals surface area contributed by atoms with E-state index < -0.39 is 0 Å². The molecule has 0 aliphatic carbocycles. The topological polar surface area (TPSA) is 38.5 Å². The number of methoxy groups -OCH3 is 1. The number of hydrogen-bond acceptors (Lipinski definition) is 3. The summed E-state index contributed by atoms with van der Waals surface area (Å²) in [6.45, 7) is 6.38. The zero-order chi connectivity index (χ0) is 13.7. The van der Waals surface area contributed by atoms with Gasteiger partial charge in [0.25, 0.3) is 0 Å². The fourth-order valence-corrected chi connectivity index (χ4v) is 2.27. The molecule has 5 heteroatoms. The van der Waals surface area contributed by atoms with E-state index in [4.69, 9.17) is 10.5 Å². The van der Waals surface area contributed by atoms with Gasteiger partial charge in [-0.3, -0.25) is 0 Å². The fraction of sp³-hybridized carbons (Fsp3) is 0.538. The number of rotatable bonds is 6. The summed E-state index contributed by atoms with van der Waals surface area (Å²) in [5.41, 5.74) is 7.34. The minimum Gasteiger partial charge on any atom is -0.397 e. The Morgan fingerprint density at radius 2 is 2.11 bits per heavy atom. The van der Waals surface area contributed by atoms with Gasteiger partial charge >= 0.3 is 0 Å². The minimum atomic E-state index is -0.231. The normalized spacial score (nSPS) is 11.0. The monoisotopic (exact) mass is 366 g/mol. The zero-order valence-corrected chi connectivity index (χ0v) is 13.2. The lowest BCUT2D eigenvalue weighted by atomic mass is 10.1. The molecule has 1 aromatic rings. The van der Waals surface area contributed by atoms with Crippen molar-refractivity contribution >= 4 is 34.0 Å². The van der Waals surface area contributed by atoms with Crippen molar-refractivity contribution in [1.82, 2.24) is 0 Å². The SMILES string of the molecule is COCCN(CC(C)C)c1cc(F)c(I)cc1N. The Bertz CT molecular complexity index is 399. The van der Waals surface area contributed by atoms with Gasteiger partial charge in [0.15, 0.2) is 0 Å². The standard InChI is InChI=1S/C13H20FIN2O/c1-9(2)8-17(4-5-18-3)13-6-10(14)11(15)7-12(13)16/h6-7,9H,4-5,8,16H2,1-3H3. The molecule has 0 saturated carbocycles. The highest BCUT2D eigenvalue weighted by molar-refractivity contribution is 14.1. The van der Waals surface area contributed by atoms with Gasteiger partial charge in [-0.05, 0) is 34.6 Å². The molecular weight excluding hydrogens is 346 g/mol. The van der Waals surface area contributed by atoms with Gasteiger partial charge in [-0.1, -0.05) is 13.8 Å². The van der Waals surface area contributed by atoms with E-state index in [-0.39, 0.29) is 5.82 Å². The maximum absolute atomic E-state index is 13.7. The molecule has 0 atom stereocenters. The van der Waals surface area contributed by atoms with Gasteiger partial charge in [0.05, 0.1) is 21.6 Å². The average Bonchev–Trinajstić information content (AvgIpc) is 2.29. The van der Waals surface area contributed by atoms with Gasteiger partial charge in [-0.15, -0.1) is 0 Å². The van der Waals surface area contributed by atoms with Crippen LogP contribution in [0.25, 0.3) is 0 Å². The Morgan fingerprint density at radius 1 is 1.44 bits per heavy atom. The van der Waals surface area contributed by atoms with Crippen LogP contribution in [0.2, 0.25) is 0 Å². The van der Waals surface area contributed by atoms with Crippen molar-refractivity contribution in [3.8, 4) is 0 Å². The molecule has 3 nitrogen and oxygen atoms in total. The molecule has 0 fully saturated rings.